The van der Waals surface area contributed by atoms with Crippen LogP contribution in [0.15, 0.2) is 11.3 Å². The van der Waals surface area contributed by atoms with Crippen molar-refractivity contribution in [3.8, 4) is 0 Å². The van der Waals surface area contributed by atoms with Crippen LogP contribution in [-0.4, -0.2) is 12.3 Å². The van der Waals surface area contributed by atoms with Crippen molar-refractivity contribution in [2.24, 2.45) is 11.8 Å². The van der Waals surface area contributed by atoms with E-state index in [1.807, 2.05) is 0 Å². The van der Waals surface area contributed by atoms with Gasteiger partial charge in [0.05, 0.1) is 0 Å². The first-order chi connectivity index (χ1) is 6.04. The summed E-state index contributed by atoms with van der Waals surface area (Å²) in [4.78, 5) is 11.7. The third-order valence-electron chi connectivity index (χ3n) is 2.41. The lowest BCUT2D eigenvalue weighted by molar-refractivity contribution is -0.116. The monoisotopic (exact) mass is 181 g/mol. The normalized spacial score (nSPS) is 18.5. The predicted octanol–water partition coefficient (Wildman–Crippen LogP) is 2.11. The van der Waals surface area contributed by atoms with E-state index in [1.165, 1.54) is 0 Å². The van der Waals surface area contributed by atoms with Gasteiger partial charge in [-0.1, -0.05) is 27.7 Å². The van der Waals surface area contributed by atoms with Crippen LogP contribution in [0.1, 0.15) is 34.1 Å². The molecule has 0 atom stereocenters. The molecule has 74 valence electrons. The van der Waals surface area contributed by atoms with E-state index >= 15 is 0 Å². The van der Waals surface area contributed by atoms with Gasteiger partial charge in [-0.3, -0.25) is 4.79 Å². The second-order valence-electron chi connectivity index (χ2n) is 4.24. The maximum atomic E-state index is 11.7. The largest absolute Gasteiger partial charge is 0.387 e. The van der Waals surface area contributed by atoms with E-state index in [4.69, 9.17) is 0 Å². The van der Waals surface area contributed by atoms with E-state index in [2.05, 4.69) is 33.0 Å². The lowest BCUT2D eigenvalue weighted by atomic mass is 9.88. The summed E-state index contributed by atoms with van der Waals surface area (Å²) < 4.78 is 0. The third kappa shape index (κ3) is 2.11. The Labute approximate surface area is 80.4 Å². The fourth-order valence-corrected chi connectivity index (χ4v) is 1.84. The standard InChI is InChI=1S/C11H19NO/c1-7(2)10-9(13)5-6-12-11(10)8(3)4/h7-8,12H,5-6H2,1-4H3. The topological polar surface area (TPSA) is 29.1 Å². The van der Waals surface area contributed by atoms with Crippen molar-refractivity contribution < 1.29 is 4.79 Å². The van der Waals surface area contributed by atoms with Gasteiger partial charge in [0.15, 0.2) is 5.78 Å². The summed E-state index contributed by atoms with van der Waals surface area (Å²) in [5, 5.41) is 3.34. The summed E-state index contributed by atoms with van der Waals surface area (Å²) >= 11 is 0. The highest BCUT2D eigenvalue weighted by atomic mass is 16.1. The summed E-state index contributed by atoms with van der Waals surface area (Å²) in [5.74, 6) is 1.11. The highest BCUT2D eigenvalue weighted by Crippen LogP contribution is 2.23. The van der Waals surface area contributed by atoms with Gasteiger partial charge in [-0.05, 0) is 11.8 Å². The molecule has 2 heteroatoms. The summed E-state index contributed by atoms with van der Waals surface area (Å²) in [6.45, 7) is 9.24. The minimum Gasteiger partial charge on any atom is -0.387 e. The predicted molar refractivity (Wildman–Crippen MR) is 54.3 cm³/mol. The van der Waals surface area contributed by atoms with E-state index in [0.29, 0.717) is 24.0 Å². The zero-order valence-electron chi connectivity index (χ0n) is 8.98. The third-order valence-corrected chi connectivity index (χ3v) is 2.41. The van der Waals surface area contributed by atoms with Crippen LogP contribution in [-0.2, 0) is 4.79 Å². The van der Waals surface area contributed by atoms with Crippen LogP contribution in [0.25, 0.3) is 0 Å². The van der Waals surface area contributed by atoms with E-state index in [9.17, 15) is 4.79 Å². The van der Waals surface area contributed by atoms with E-state index < -0.39 is 0 Å². The Bertz CT molecular complexity index is 238. The fraction of sp³-hybridized carbons (Fsp3) is 0.727. The van der Waals surface area contributed by atoms with Crippen LogP contribution in [0.5, 0.6) is 0 Å². The average Bonchev–Trinajstić information content (AvgIpc) is 2.02. The van der Waals surface area contributed by atoms with Crippen molar-refractivity contribution >= 4 is 5.78 Å². The molecule has 1 aliphatic rings. The Kier molecular flexibility index (Phi) is 3.12. The van der Waals surface area contributed by atoms with Gasteiger partial charge in [0.25, 0.3) is 0 Å². The van der Waals surface area contributed by atoms with E-state index in [1.54, 1.807) is 0 Å². The van der Waals surface area contributed by atoms with Crippen molar-refractivity contribution in [3.05, 3.63) is 11.3 Å². The minimum atomic E-state index is 0.331. The van der Waals surface area contributed by atoms with E-state index in [0.717, 1.165) is 17.8 Å². The molecule has 0 spiro atoms. The number of Topliss-reactive ketones (excluding diaryl/α,β-unsaturated/α-hetero) is 1. The van der Waals surface area contributed by atoms with Crippen LogP contribution in [0.3, 0.4) is 0 Å². The van der Waals surface area contributed by atoms with Crippen LogP contribution >= 0.6 is 0 Å². The molecule has 1 rings (SSSR count). The number of allylic oxidation sites excluding steroid dienone is 2. The number of carbonyl (C=O) groups is 1. The molecule has 1 heterocycles. The van der Waals surface area contributed by atoms with Crippen LogP contribution < -0.4 is 5.32 Å². The van der Waals surface area contributed by atoms with Gasteiger partial charge in [0.1, 0.15) is 0 Å². The first-order valence-corrected chi connectivity index (χ1v) is 5.05. The smallest absolute Gasteiger partial charge is 0.162 e. The molecule has 0 saturated heterocycles. The zero-order valence-corrected chi connectivity index (χ0v) is 8.98. The molecule has 0 radical (unpaired) electrons. The Morgan fingerprint density at radius 1 is 1.15 bits per heavy atom. The zero-order chi connectivity index (χ0) is 10.0. The number of ketones is 1. The number of hydrogen-bond donors (Lipinski definition) is 1. The molecule has 0 fully saturated rings. The van der Waals surface area contributed by atoms with Gasteiger partial charge in [0.2, 0.25) is 0 Å². The molecule has 13 heavy (non-hydrogen) atoms. The highest BCUT2D eigenvalue weighted by Gasteiger charge is 2.23. The van der Waals surface area contributed by atoms with E-state index in [-0.39, 0.29) is 0 Å². The molecular formula is C11H19NO. The Morgan fingerprint density at radius 2 is 1.77 bits per heavy atom. The van der Waals surface area contributed by atoms with Gasteiger partial charge in [-0.15, -0.1) is 0 Å². The number of carbonyl (C=O) groups excluding carboxylic acids is 1. The summed E-state index contributed by atoms with van der Waals surface area (Å²) in [5.41, 5.74) is 2.17. The lowest BCUT2D eigenvalue weighted by Crippen LogP contribution is -2.32. The SMILES string of the molecule is CC(C)C1=C(C(C)C)C(=O)CCN1. The molecule has 0 aromatic rings. The minimum absolute atomic E-state index is 0.331. The van der Waals surface area contributed by atoms with Crippen molar-refractivity contribution in [3.63, 3.8) is 0 Å². The Morgan fingerprint density at radius 3 is 2.15 bits per heavy atom. The molecule has 0 aromatic carbocycles. The maximum Gasteiger partial charge on any atom is 0.162 e. The van der Waals surface area contributed by atoms with Crippen molar-refractivity contribution in [2.75, 3.05) is 6.54 Å². The molecule has 0 saturated carbocycles. The molecule has 0 amide bonds. The molecule has 0 aliphatic carbocycles. The van der Waals surface area contributed by atoms with Gasteiger partial charge >= 0.3 is 0 Å². The van der Waals surface area contributed by atoms with Crippen molar-refractivity contribution in [1.29, 1.82) is 0 Å². The quantitative estimate of drug-likeness (QED) is 0.707. The Balaban J connectivity index is 3.04. The summed E-state index contributed by atoms with van der Waals surface area (Å²) in [7, 11) is 0. The molecule has 0 unspecified atom stereocenters. The van der Waals surface area contributed by atoms with Gasteiger partial charge in [-0.25, -0.2) is 0 Å². The summed E-state index contributed by atoms with van der Waals surface area (Å²) in [6.07, 6.45) is 0.656. The van der Waals surface area contributed by atoms with Crippen LogP contribution in [0, 0.1) is 11.8 Å². The number of hydrogen-bond acceptors (Lipinski definition) is 2. The number of nitrogens with one attached hydrogen (secondary N) is 1. The molecule has 0 aromatic heterocycles. The molecule has 1 aliphatic heterocycles. The lowest BCUT2D eigenvalue weighted by Gasteiger charge is -2.26. The summed E-state index contributed by atoms with van der Waals surface area (Å²) in [6, 6.07) is 0. The first-order valence-electron chi connectivity index (χ1n) is 5.05. The second-order valence-corrected chi connectivity index (χ2v) is 4.24. The number of rotatable bonds is 2. The fourth-order valence-electron chi connectivity index (χ4n) is 1.84. The molecule has 0 bridgehead atoms. The second kappa shape index (κ2) is 3.95. The first kappa shape index (κ1) is 10.3. The van der Waals surface area contributed by atoms with Gasteiger partial charge in [-0.2, -0.15) is 0 Å². The van der Waals surface area contributed by atoms with Crippen LogP contribution in [0.4, 0.5) is 0 Å². The molecule has 1 N–H and O–H groups in total. The highest BCUT2D eigenvalue weighted by molar-refractivity contribution is 5.97. The Hall–Kier alpha value is -0.790. The van der Waals surface area contributed by atoms with Crippen LogP contribution in [0.2, 0.25) is 0 Å². The molecule has 2 nitrogen and oxygen atoms in total. The maximum absolute atomic E-state index is 11.7. The van der Waals surface area contributed by atoms with Gasteiger partial charge in [0, 0.05) is 24.2 Å². The van der Waals surface area contributed by atoms with Gasteiger partial charge < -0.3 is 5.32 Å². The molecular weight excluding hydrogens is 162 g/mol. The van der Waals surface area contributed by atoms with Crippen molar-refractivity contribution in [2.45, 2.75) is 34.1 Å². The van der Waals surface area contributed by atoms with Crippen molar-refractivity contribution in [1.82, 2.24) is 5.32 Å². The average molecular weight is 181 g/mol.